The van der Waals surface area contributed by atoms with Crippen LogP contribution in [0.3, 0.4) is 0 Å². The van der Waals surface area contributed by atoms with Gasteiger partial charge in [0.25, 0.3) is 0 Å². The summed E-state index contributed by atoms with van der Waals surface area (Å²) in [7, 11) is -3.15. The lowest BCUT2D eigenvalue weighted by atomic mass is 10.1. The number of piperazine rings is 1. The maximum Gasteiger partial charge on any atom is 0.319 e. The third kappa shape index (κ3) is 5.69. The Morgan fingerprint density at radius 1 is 1.20 bits per heavy atom. The van der Waals surface area contributed by atoms with Crippen LogP contribution in [0, 0.1) is 6.92 Å². The average molecular weight is 452 g/mol. The second-order valence-corrected chi connectivity index (χ2v) is 9.84. The summed E-state index contributed by atoms with van der Waals surface area (Å²) in [4.78, 5) is 19.9. The van der Waals surface area contributed by atoms with E-state index in [0.717, 1.165) is 16.8 Å². The summed E-state index contributed by atoms with van der Waals surface area (Å²) < 4.78 is 24.8. The molecule has 1 fully saturated rings. The Balaban J connectivity index is 1.72. The van der Waals surface area contributed by atoms with Gasteiger partial charge in [0.15, 0.2) is 0 Å². The molecule has 2 amide bonds. The van der Waals surface area contributed by atoms with Crippen LogP contribution in [0.15, 0.2) is 36.5 Å². The van der Waals surface area contributed by atoms with Crippen molar-refractivity contribution in [3.8, 4) is 0 Å². The molecule has 2 heterocycles. The van der Waals surface area contributed by atoms with Crippen LogP contribution < -0.4 is 10.6 Å². The fourth-order valence-corrected chi connectivity index (χ4v) is 4.42. The number of amides is 2. The molecule has 1 saturated heterocycles. The van der Waals surface area contributed by atoms with Crippen molar-refractivity contribution >= 4 is 33.3 Å². The number of hydrogen-bond acceptors (Lipinski definition) is 5. The lowest BCUT2D eigenvalue weighted by Crippen LogP contribution is -2.47. The number of sulfonamides is 1. The fraction of sp³-hybridized carbons (Fsp3) is 0.400. The van der Waals surface area contributed by atoms with Crippen LogP contribution in [0.4, 0.5) is 10.5 Å². The number of carbonyl (C=O) groups excluding carboxylic acids is 1. The van der Waals surface area contributed by atoms with Crippen molar-refractivity contribution in [3.05, 3.63) is 58.4 Å². The molecule has 1 aromatic carbocycles. The third-order valence-corrected chi connectivity index (χ3v) is 6.79. The molecule has 0 aliphatic carbocycles. The van der Waals surface area contributed by atoms with E-state index in [-0.39, 0.29) is 6.54 Å². The van der Waals surface area contributed by atoms with Gasteiger partial charge in [-0.05, 0) is 36.2 Å². The Bertz CT molecular complexity index is 1010. The minimum atomic E-state index is -3.15. The molecule has 1 aliphatic rings. The summed E-state index contributed by atoms with van der Waals surface area (Å²) in [5.41, 5.74) is 8.86. The molecule has 10 heteroatoms. The van der Waals surface area contributed by atoms with E-state index in [9.17, 15) is 13.2 Å². The zero-order chi connectivity index (χ0) is 21.9. The minimum Gasteiger partial charge on any atom is -0.351 e. The van der Waals surface area contributed by atoms with Gasteiger partial charge in [-0.25, -0.2) is 13.2 Å². The number of nitrogens with two attached hydrogens (primary N) is 1. The van der Waals surface area contributed by atoms with Crippen LogP contribution in [0.5, 0.6) is 0 Å². The summed E-state index contributed by atoms with van der Waals surface area (Å²) >= 11 is 6.39. The number of hydrogen-bond donors (Lipinski definition) is 1. The molecule has 2 aromatic rings. The van der Waals surface area contributed by atoms with Gasteiger partial charge < -0.3 is 5.73 Å². The summed E-state index contributed by atoms with van der Waals surface area (Å²) in [6.45, 7) is 5.05. The molecule has 0 radical (unpaired) electrons. The summed E-state index contributed by atoms with van der Waals surface area (Å²) in [5.74, 6) is 0. The number of primary amides is 1. The Morgan fingerprint density at radius 2 is 1.90 bits per heavy atom. The van der Waals surface area contributed by atoms with Gasteiger partial charge in [-0.2, -0.15) is 4.31 Å². The van der Waals surface area contributed by atoms with E-state index >= 15 is 0 Å². The second-order valence-electron chi connectivity index (χ2n) is 7.45. The van der Waals surface area contributed by atoms with Gasteiger partial charge in [-0.3, -0.25) is 14.8 Å². The van der Waals surface area contributed by atoms with Crippen LogP contribution in [0.2, 0.25) is 5.02 Å². The number of rotatable bonds is 6. The van der Waals surface area contributed by atoms with Crippen molar-refractivity contribution in [2.24, 2.45) is 5.73 Å². The Kier molecular flexibility index (Phi) is 6.97. The molecule has 1 aromatic heterocycles. The molecule has 162 valence electrons. The molecule has 3 rings (SSSR count). The number of nitrogens with zero attached hydrogens (tertiary/aromatic N) is 4. The predicted molar refractivity (Wildman–Crippen MR) is 118 cm³/mol. The van der Waals surface area contributed by atoms with Crippen molar-refractivity contribution in [1.82, 2.24) is 14.2 Å². The molecule has 0 spiro atoms. The number of benzene rings is 1. The van der Waals surface area contributed by atoms with E-state index in [1.54, 1.807) is 12.3 Å². The SMILES string of the molecule is Cc1ccc(N(Cc2cc(CN3CCN(S(C)(=O)=O)CC3)ccc2Cl)C(N)=O)cn1. The smallest absolute Gasteiger partial charge is 0.319 e. The highest BCUT2D eigenvalue weighted by atomic mass is 35.5. The molecule has 0 atom stereocenters. The zero-order valence-electron chi connectivity index (χ0n) is 17.1. The molecular formula is C20H26ClN5O3S. The Hall–Kier alpha value is -2.20. The first-order valence-corrected chi connectivity index (χ1v) is 11.8. The number of pyridine rings is 1. The molecule has 2 N–H and O–H groups in total. The lowest BCUT2D eigenvalue weighted by molar-refractivity contribution is 0.182. The van der Waals surface area contributed by atoms with Gasteiger partial charge in [0.2, 0.25) is 10.0 Å². The largest absolute Gasteiger partial charge is 0.351 e. The fourth-order valence-electron chi connectivity index (χ4n) is 3.41. The molecular weight excluding hydrogens is 426 g/mol. The summed E-state index contributed by atoms with van der Waals surface area (Å²) in [6, 6.07) is 8.75. The maximum absolute atomic E-state index is 12.0. The van der Waals surface area contributed by atoms with Gasteiger partial charge in [-0.15, -0.1) is 0 Å². The lowest BCUT2D eigenvalue weighted by Gasteiger charge is -2.33. The second kappa shape index (κ2) is 9.30. The Labute approximate surface area is 182 Å². The van der Waals surface area contributed by atoms with Crippen LogP contribution >= 0.6 is 11.6 Å². The molecule has 30 heavy (non-hydrogen) atoms. The van der Waals surface area contributed by atoms with Crippen LogP contribution in [0.1, 0.15) is 16.8 Å². The van der Waals surface area contributed by atoms with E-state index in [2.05, 4.69) is 9.88 Å². The van der Waals surface area contributed by atoms with Crippen LogP contribution in [-0.4, -0.2) is 61.1 Å². The monoisotopic (exact) mass is 451 g/mol. The van der Waals surface area contributed by atoms with Crippen molar-refractivity contribution in [1.29, 1.82) is 0 Å². The quantitative estimate of drug-likeness (QED) is 0.725. The average Bonchev–Trinajstić information content (AvgIpc) is 2.68. The highest BCUT2D eigenvalue weighted by Crippen LogP contribution is 2.24. The number of aryl methyl sites for hydroxylation is 1. The number of aromatic nitrogens is 1. The number of carbonyl (C=O) groups is 1. The van der Waals surface area contributed by atoms with Crippen LogP contribution in [0.25, 0.3) is 0 Å². The van der Waals surface area contributed by atoms with Gasteiger partial charge in [-0.1, -0.05) is 23.7 Å². The van der Waals surface area contributed by atoms with E-state index in [4.69, 9.17) is 17.3 Å². The van der Waals surface area contributed by atoms with Crippen LogP contribution in [-0.2, 0) is 23.1 Å². The van der Waals surface area contributed by atoms with E-state index in [0.29, 0.717) is 43.4 Å². The van der Waals surface area contributed by atoms with Gasteiger partial charge in [0.1, 0.15) is 0 Å². The van der Waals surface area contributed by atoms with Crippen molar-refractivity contribution in [2.75, 3.05) is 37.3 Å². The van der Waals surface area contributed by atoms with Gasteiger partial charge >= 0.3 is 6.03 Å². The van der Waals surface area contributed by atoms with Gasteiger partial charge in [0.05, 0.1) is 24.7 Å². The molecule has 0 saturated carbocycles. The van der Waals surface area contributed by atoms with Gasteiger partial charge in [0, 0.05) is 43.4 Å². The molecule has 0 bridgehead atoms. The van der Waals surface area contributed by atoms with E-state index in [1.807, 2.05) is 31.2 Å². The van der Waals surface area contributed by atoms with Crippen molar-refractivity contribution in [2.45, 2.75) is 20.0 Å². The first kappa shape index (κ1) is 22.5. The zero-order valence-corrected chi connectivity index (χ0v) is 18.7. The highest BCUT2D eigenvalue weighted by Gasteiger charge is 2.23. The first-order valence-electron chi connectivity index (χ1n) is 9.58. The summed E-state index contributed by atoms with van der Waals surface area (Å²) in [6.07, 6.45) is 2.85. The topological polar surface area (TPSA) is 99.8 Å². The Morgan fingerprint density at radius 3 is 2.47 bits per heavy atom. The predicted octanol–water partition coefficient (Wildman–Crippen LogP) is 2.21. The van der Waals surface area contributed by atoms with Crippen molar-refractivity contribution < 1.29 is 13.2 Å². The highest BCUT2D eigenvalue weighted by molar-refractivity contribution is 7.88. The van der Waals surface area contributed by atoms with Crippen molar-refractivity contribution in [3.63, 3.8) is 0 Å². The van der Waals surface area contributed by atoms with E-state index in [1.165, 1.54) is 15.5 Å². The number of halogens is 1. The minimum absolute atomic E-state index is 0.231. The molecule has 1 aliphatic heterocycles. The standard InChI is InChI=1S/C20H26ClN5O3S/c1-15-3-5-18(12-23-15)26(20(22)27)14-17-11-16(4-6-19(17)21)13-24-7-9-25(10-8-24)30(2,28)29/h3-6,11-12H,7-10,13-14H2,1-2H3,(H2,22,27). The molecule has 8 nitrogen and oxygen atoms in total. The first-order chi connectivity index (χ1) is 14.1. The third-order valence-electron chi connectivity index (χ3n) is 5.12. The summed E-state index contributed by atoms with van der Waals surface area (Å²) in [5, 5.41) is 0.548. The number of anilines is 1. The number of urea groups is 1. The molecule has 0 unspecified atom stereocenters. The normalized spacial score (nSPS) is 15.8. The maximum atomic E-state index is 12.0. The van der Waals surface area contributed by atoms with E-state index < -0.39 is 16.1 Å².